The lowest BCUT2D eigenvalue weighted by Gasteiger charge is -2.32. The summed E-state index contributed by atoms with van der Waals surface area (Å²) in [6, 6.07) is 14.5. The van der Waals surface area contributed by atoms with E-state index in [4.69, 9.17) is 11.6 Å². The quantitative estimate of drug-likeness (QED) is 0.788. The van der Waals surface area contributed by atoms with Gasteiger partial charge in [0, 0.05) is 5.02 Å². The van der Waals surface area contributed by atoms with E-state index in [9.17, 15) is 5.21 Å². The fourth-order valence-electron chi connectivity index (χ4n) is 3.79. The van der Waals surface area contributed by atoms with Crippen molar-refractivity contribution in [3.05, 3.63) is 69.7 Å². The summed E-state index contributed by atoms with van der Waals surface area (Å²) < 4.78 is 0. The number of rotatable bonds is 0. The molecular weight excluding hydrogens is 270 g/mol. The Labute approximate surface area is 123 Å². The largest absolute Gasteiger partial charge is 0.313 e. The normalized spacial score (nSPS) is 27.9. The standard InChI is InChI=1S/C17H16ClNO/c1-17-10-11-6-7-13(18)8-12(11)9-16(19(17)20)14-4-2-3-5-15(14)17/h2-8,16,20H,9-10H2,1H3. The van der Waals surface area contributed by atoms with E-state index in [1.54, 1.807) is 5.06 Å². The number of hydrogen-bond donors (Lipinski definition) is 1. The van der Waals surface area contributed by atoms with Crippen LogP contribution in [0.25, 0.3) is 0 Å². The van der Waals surface area contributed by atoms with Crippen molar-refractivity contribution in [1.82, 2.24) is 5.06 Å². The second-order valence-corrected chi connectivity index (χ2v) is 6.45. The van der Waals surface area contributed by atoms with Gasteiger partial charge in [0.25, 0.3) is 0 Å². The van der Waals surface area contributed by atoms with E-state index in [-0.39, 0.29) is 11.6 Å². The molecule has 0 fully saturated rings. The Hall–Kier alpha value is -1.35. The summed E-state index contributed by atoms with van der Waals surface area (Å²) in [6.45, 7) is 2.12. The monoisotopic (exact) mass is 285 g/mol. The lowest BCUT2D eigenvalue weighted by atomic mass is 9.82. The van der Waals surface area contributed by atoms with Gasteiger partial charge in [0.15, 0.2) is 0 Å². The average Bonchev–Trinajstić information content (AvgIpc) is 2.57. The van der Waals surface area contributed by atoms with Gasteiger partial charge in [-0.2, -0.15) is 5.06 Å². The van der Waals surface area contributed by atoms with Gasteiger partial charge >= 0.3 is 0 Å². The molecule has 2 aliphatic heterocycles. The summed E-state index contributed by atoms with van der Waals surface area (Å²) in [5.41, 5.74) is 4.67. The summed E-state index contributed by atoms with van der Waals surface area (Å²) in [4.78, 5) is 0. The molecular formula is C17H16ClNO. The predicted molar refractivity (Wildman–Crippen MR) is 79.0 cm³/mol. The number of fused-ring (bicyclic) bond motifs is 6. The number of nitrogens with zero attached hydrogens (tertiary/aromatic N) is 1. The lowest BCUT2D eigenvalue weighted by molar-refractivity contribution is -0.188. The van der Waals surface area contributed by atoms with Gasteiger partial charge < -0.3 is 5.21 Å². The second kappa shape index (κ2) is 4.08. The van der Waals surface area contributed by atoms with Crippen LogP contribution in [0.2, 0.25) is 5.02 Å². The molecule has 2 nitrogen and oxygen atoms in total. The Morgan fingerprint density at radius 3 is 2.85 bits per heavy atom. The molecule has 4 rings (SSSR count). The van der Waals surface area contributed by atoms with Gasteiger partial charge in [0.05, 0.1) is 11.6 Å². The van der Waals surface area contributed by atoms with Gasteiger partial charge in [-0.25, -0.2) is 0 Å². The fraction of sp³-hybridized carbons (Fsp3) is 0.294. The molecule has 1 N–H and O–H groups in total. The second-order valence-electron chi connectivity index (χ2n) is 6.02. The van der Waals surface area contributed by atoms with Crippen molar-refractivity contribution in [2.24, 2.45) is 0 Å². The molecule has 2 heterocycles. The van der Waals surface area contributed by atoms with Crippen LogP contribution < -0.4 is 0 Å². The Kier molecular flexibility index (Phi) is 2.53. The minimum atomic E-state index is -0.347. The third-order valence-corrected chi connectivity index (χ3v) is 5.05. The van der Waals surface area contributed by atoms with Crippen LogP contribution in [0.3, 0.4) is 0 Å². The molecule has 0 amide bonds. The summed E-state index contributed by atoms with van der Waals surface area (Å²) in [7, 11) is 0. The van der Waals surface area contributed by atoms with Crippen molar-refractivity contribution in [3.8, 4) is 0 Å². The summed E-state index contributed by atoms with van der Waals surface area (Å²) >= 11 is 6.13. The van der Waals surface area contributed by atoms with Crippen molar-refractivity contribution >= 4 is 11.6 Å². The molecule has 0 radical (unpaired) electrons. The van der Waals surface area contributed by atoms with Crippen LogP contribution in [0, 0.1) is 0 Å². The highest BCUT2D eigenvalue weighted by atomic mass is 35.5. The third-order valence-electron chi connectivity index (χ3n) is 4.82. The molecule has 0 aliphatic carbocycles. The Morgan fingerprint density at radius 2 is 2.00 bits per heavy atom. The molecule has 0 aromatic heterocycles. The van der Waals surface area contributed by atoms with E-state index >= 15 is 0 Å². The van der Waals surface area contributed by atoms with Gasteiger partial charge in [-0.15, -0.1) is 0 Å². The van der Waals surface area contributed by atoms with Crippen molar-refractivity contribution in [1.29, 1.82) is 0 Å². The highest BCUT2D eigenvalue weighted by molar-refractivity contribution is 6.30. The summed E-state index contributed by atoms with van der Waals surface area (Å²) in [6.07, 6.45) is 1.61. The summed E-state index contributed by atoms with van der Waals surface area (Å²) in [5, 5.41) is 13.0. The maximum absolute atomic E-state index is 10.7. The molecule has 2 bridgehead atoms. The van der Waals surface area contributed by atoms with Crippen LogP contribution in [-0.4, -0.2) is 10.3 Å². The minimum absolute atomic E-state index is 0.0240. The zero-order valence-corrected chi connectivity index (χ0v) is 12.1. The number of benzene rings is 2. The number of hydroxylamine groups is 2. The van der Waals surface area contributed by atoms with E-state index in [0.717, 1.165) is 17.9 Å². The summed E-state index contributed by atoms with van der Waals surface area (Å²) in [5.74, 6) is 0. The topological polar surface area (TPSA) is 23.5 Å². The molecule has 2 aliphatic rings. The van der Waals surface area contributed by atoms with Gasteiger partial charge in [0.2, 0.25) is 0 Å². The van der Waals surface area contributed by atoms with Gasteiger partial charge in [-0.05, 0) is 54.2 Å². The molecule has 20 heavy (non-hydrogen) atoms. The molecule has 2 unspecified atom stereocenters. The SMILES string of the molecule is CC12Cc3ccc(Cl)cc3CC(c3ccccc31)N2O. The van der Waals surface area contributed by atoms with Crippen molar-refractivity contribution < 1.29 is 5.21 Å². The first kappa shape index (κ1) is 12.4. The van der Waals surface area contributed by atoms with Crippen LogP contribution in [0.4, 0.5) is 0 Å². The predicted octanol–water partition coefficient (Wildman–Crippen LogP) is 4.10. The van der Waals surface area contributed by atoms with Gasteiger partial charge in [0.1, 0.15) is 0 Å². The molecule has 0 spiro atoms. The highest BCUT2D eigenvalue weighted by Gasteiger charge is 2.48. The molecule has 0 saturated carbocycles. The van der Waals surface area contributed by atoms with Crippen molar-refractivity contribution in [2.45, 2.75) is 31.3 Å². The van der Waals surface area contributed by atoms with Gasteiger partial charge in [-0.1, -0.05) is 41.9 Å². The smallest absolute Gasteiger partial charge is 0.0731 e. The molecule has 102 valence electrons. The number of hydrogen-bond acceptors (Lipinski definition) is 2. The molecule has 2 aromatic carbocycles. The third kappa shape index (κ3) is 1.53. The maximum Gasteiger partial charge on any atom is 0.0731 e. The fourth-order valence-corrected chi connectivity index (χ4v) is 3.98. The van der Waals surface area contributed by atoms with E-state index < -0.39 is 0 Å². The first-order valence-corrected chi connectivity index (χ1v) is 7.32. The van der Waals surface area contributed by atoms with Crippen LogP contribution >= 0.6 is 11.6 Å². The van der Waals surface area contributed by atoms with E-state index in [0.29, 0.717) is 0 Å². The lowest BCUT2D eigenvalue weighted by Crippen LogP contribution is -2.38. The molecule has 3 heteroatoms. The maximum atomic E-state index is 10.7. The van der Waals surface area contributed by atoms with E-state index in [2.05, 4.69) is 31.2 Å². The molecule has 2 aromatic rings. The first-order valence-electron chi connectivity index (χ1n) is 6.94. The average molecular weight is 286 g/mol. The minimum Gasteiger partial charge on any atom is -0.313 e. The molecule has 2 atom stereocenters. The Balaban J connectivity index is 1.93. The zero-order chi connectivity index (χ0) is 13.9. The zero-order valence-electron chi connectivity index (χ0n) is 11.3. The Bertz CT molecular complexity index is 699. The Morgan fingerprint density at radius 1 is 1.20 bits per heavy atom. The van der Waals surface area contributed by atoms with Crippen molar-refractivity contribution in [2.75, 3.05) is 0 Å². The van der Waals surface area contributed by atoms with Crippen LogP contribution in [0.1, 0.15) is 35.2 Å². The molecule has 0 saturated heterocycles. The van der Waals surface area contributed by atoms with Crippen LogP contribution in [0.5, 0.6) is 0 Å². The van der Waals surface area contributed by atoms with E-state index in [1.165, 1.54) is 22.3 Å². The van der Waals surface area contributed by atoms with Crippen LogP contribution in [-0.2, 0) is 18.4 Å². The van der Waals surface area contributed by atoms with Gasteiger partial charge in [-0.3, -0.25) is 0 Å². The van der Waals surface area contributed by atoms with Crippen molar-refractivity contribution in [3.63, 3.8) is 0 Å². The van der Waals surface area contributed by atoms with E-state index in [1.807, 2.05) is 18.2 Å². The van der Waals surface area contributed by atoms with Crippen LogP contribution in [0.15, 0.2) is 42.5 Å². The highest BCUT2D eigenvalue weighted by Crippen LogP contribution is 2.50. The number of halogens is 1. The first-order chi connectivity index (χ1) is 9.59.